The quantitative estimate of drug-likeness (QED) is 0.425. The average molecular weight is 192 g/mol. The van der Waals surface area contributed by atoms with Gasteiger partial charge in [0.15, 0.2) is 6.29 Å². The molecule has 1 rings (SSSR count). The molecule has 5 nitrogen and oxygen atoms in total. The number of rotatable bonds is 2. The van der Waals surface area contributed by atoms with Crippen LogP contribution in [0.5, 0.6) is 0 Å². The first-order valence-corrected chi connectivity index (χ1v) is 4.20. The normalized spacial score (nSPS) is 41.1. The number of hydrogen-bond acceptors (Lipinski definition) is 5. The van der Waals surface area contributed by atoms with Crippen molar-refractivity contribution in [2.24, 2.45) is 5.41 Å². The Morgan fingerprint density at radius 1 is 1.15 bits per heavy atom. The summed E-state index contributed by atoms with van der Waals surface area (Å²) in [5.41, 5.74) is -0.683. The largest absolute Gasteiger partial charge is 0.396 e. The summed E-state index contributed by atoms with van der Waals surface area (Å²) >= 11 is 0. The molecule has 0 amide bonds. The molecule has 1 aliphatic heterocycles. The molecule has 0 aromatic carbocycles. The van der Waals surface area contributed by atoms with E-state index in [0.29, 0.717) is 0 Å². The van der Waals surface area contributed by atoms with Crippen LogP contribution < -0.4 is 0 Å². The van der Waals surface area contributed by atoms with Crippen LogP contribution in [0.2, 0.25) is 0 Å². The second kappa shape index (κ2) is 3.51. The third-order valence-electron chi connectivity index (χ3n) is 2.42. The Bertz CT molecular complexity index is 181. The smallest absolute Gasteiger partial charge is 0.183 e. The standard InChI is InChI=1S/C8H16O5/c1-8(2,3-9)6-4(10)5(11)7(12)13-6/h4-7,9-12H,3H2,1-2H3. The van der Waals surface area contributed by atoms with Gasteiger partial charge in [0.1, 0.15) is 12.2 Å². The van der Waals surface area contributed by atoms with Crippen molar-refractivity contribution in [3.8, 4) is 0 Å². The molecule has 78 valence electrons. The first-order valence-electron chi connectivity index (χ1n) is 4.20. The Kier molecular flexibility index (Phi) is 2.94. The molecule has 1 saturated heterocycles. The maximum Gasteiger partial charge on any atom is 0.183 e. The SMILES string of the molecule is CC(C)(CO)C1OC(O)C(O)C1O. The lowest BCUT2D eigenvalue weighted by Crippen LogP contribution is -2.42. The lowest BCUT2D eigenvalue weighted by Gasteiger charge is -2.30. The predicted octanol–water partition coefficient (Wildman–Crippen LogP) is -1.56. The molecule has 4 N–H and O–H groups in total. The van der Waals surface area contributed by atoms with E-state index in [9.17, 15) is 10.2 Å². The van der Waals surface area contributed by atoms with Crippen molar-refractivity contribution < 1.29 is 25.2 Å². The lowest BCUT2D eigenvalue weighted by molar-refractivity contribution is -0.151. The Hall–Kier alpha value is -0.200. The highest BCUT2D eigenvalue weighted by Crippen LogP contribution is 2.33. The van der Waals surface area contributed by atoms with Gasteiger partial charge in [0.05, 0.1) is 12.7 Å². The highest BCUT2D eigenvalue weighted by molar-refractivity contribution is 4.94. The monoisotopic (exact) mass is 192 g/mol. The van der Waals surface area contributed by atoms with Crippen molar-refractivity contribution in [1.82, 2.24) is 0 Å². The molecule has 0 aromatic rings. The van der Waals surface area contributed by atoms with Crippen LogP contribution in [0.4, 0.5) is 0 Å². The van der Waals surface area contributed by atoms with Crippen molar-refractivity contribution in [3.63, 3.8) is 0 Å². The van der Waals surface area contributed by atoms with Crippen molar-refractivity contribution in [2.45, 2.75) is 38.4 Å². The summed E-state index contributed by atoms with van der Waals surface area (Å²) in [4.78, 5) is 0. The summed E-state index contributed by atoms with van der Waals surface area (Å²) in [7, 11) is 0. The van der Waals surface area contributed by atoms with E-state index >= 15 is 0 Å². The summed E-state index contributed by atoms with van der Waals surface area (Å²) in [6.45, 7) is 3.19. The van der Waals surface area contributed by atoms with Crippen molar-refractivity contribution in [3.05, 3.63) is 0 Å². The van der Waals surface area contributed by atoms with E-state index in [1.807, 2.05) is 0 Å². The number of hydrogen-bond donors (Lipinski definition) is 4. The second-order valence-electron chi connectivity index (χ2n) is 4.08. The molecular formula is C8H16O5. The molecule has 13 heavy (non-hydrogen) atoms. The molecular weight excluding hydrogens is 176 g/mol. The van der Waals surface area contributed by atoms with Gasteiger partial charge in [-0.05, 0) is 0 Å². The van der Waals surface area contributed by atoms with Crippen molar-refractivity contribution in [1.29, 1.82) is 0 Å². The molecule has 1 heterocycles. The lowest BCUT2D eigenvalue weighted by atomic mass is 9.84. The highest BCUT2D eigenvalue weighted by atomic mass is 16.6. The van der Waals surface area contributed by atoms with Gasteiger partial charge in [-0.3, -0.25) is 0 Å². The van der Waals surface area contributed by atoms with Gasteiger partial charge in [-0.25, -0.2) is 0 Å². The van der Waals surface area contributed by atoms with Gasteiger partial charge in [-0.15, -0.1) is 0 Å². The van der Waals surface area contributed by atoms with Crippen LogP contribution in [0.1, 0.15) is 13.8 Å². The zero-order valence-corrected chi connectivity index (χ0v) is 7.71. The zero-order chi connectivity index (χ0) is 10.2. The first-order chi connectivity index (χ1) is 5.90. The molecule has 1 aliphatic rings. The van der Waals surface area contributed by atoms with Gasteiger partial charge in [-0.2, -0.15) is 0 Å². The van der Waals surface area contributed by atoms with Gasteiger partial charge in [0.25, 0.3) is 0 Å². The van der Waals surface area contributed by atoms with Crippen molar-refractivity contribution >= 4 is 0 Å². The topological polar surface area (TPSA) is 90.2 Å². The van der Waals surface area contributed by atoms with E-state index < -0.39 is 30.0 Å². The number of ether oxygens (including phenoxy) is 1. The fraction of sp³-hybridized carbons (Fsp3) is 1.00. The summed E-state index contributed by atoms with van der Waals surface area (Å²) in [6.07, 6.45) is -4.57. The van der Waals surface area contributed by atoms with Crippen LogP contribution in [0.15, 0.2) is 0 Å². The Morgan fingerprint density at radius 3 is 2.00 bits per heavy atom. The van der Waals surface area contributed by atoms with Crippen LogP contribution >= 0.6 is 0 Å². The zero-order valence-electron chi connectivity index (χ0n) is 7.71. The second-order valence-corrected chi connectivity index (χ2v) is 4.08. The van der Waals surface area contributed by atoms with Crippen LogP contribution in [-0.4, -0.2) is 51.6 Å². The summed E-state index contributed by atoms with van der Waals surface area (Å²) in [5.74, 6) is 0. The molecule has 0 aromatic heterocycles. The summed E-state index contributed by atoms with van der Waals surface area (Å²) in [5, 5.41) is 36.7. The molecule has 1 fully saturated rings. The van der Waals surface area contributed by atoms with Gasteiger partial charge in [0.2, 0.25) is 0 Å². The minimum Gasteiger partial charge on any atom is -0.396 e. The molecule has 0 bridgehead atoms. The van der Waals surface area contributed by atoms with E-state index in [0.717, 1.165) is 0 Å². The molecule has 0 saturated carbocycles. The van der Waals surface area contributed by atoms with E-state index in [1.54, 1.807) is 13.8 Å². The third kappa shape index (κ3) is 1.84. The maximum absolute atomic E-state index is 9.45. The maximum atomic E-state index is 9.45. The minimum absolute atomic E-state index is 0.186. The Labute approximate surface area is 76.6 Å². The molecule has 5 heteroatoms. The summed E-state index contributed by atoms with van der Waals surface area (Å²) in [6, 6.07) is 0. The van der Waals surface area contributed by atoms with Gasteiger partial charge in [0, 0.05) is 5.41 Å². The Morgan fingerprint density at radius 2 is 1.69 bits per heavy atom. The van der Waals surface area contributed by atoms with Crippen LogP contribution in [-0.2, 0) is 4.74 Å². The van der Waals surface area contributed by atoms with Gasteiger partial charge < -0.3 is 25.2 Å². The number of aliphatic hydroxyl groups excluding tert-OH is 4. The van der Waals surface area contributed by atoms with E-state index in [2.05, 4.69) is 0 Å². The van der Waals surface area contributed by atoms with E-state index in [-0.39, 0.29) is 6.61 Å². The molecule has 0 radical (unpaired) electrons. The van der Waals surface area contributed by atoms with E-state index in [4.69, 9.17) is 14.9 Å². The third-order valence-corrected chi connectivity index (χ3v) is 2.42. The molecule has 4 atom stereocenters. The average Bonchev–Trinajstić information content (AvgIpc) is 2.33. The summed E-state index contributed by atoms with van der Waals surface area (Å²) < 4.78 is 4.94. The molecule has 0 spiro atoms. The minimum atomic E-state index is -1.37. The van der Waals surface area contributed by atoms with Crippen LogP contribution in [0.25, 0.3) is 0 Å². The highest BCUT2D eigenvalue weighted by Gasteiger charge is 2.48. The molecule has 4 unspecified atom stereocenters. The Balaban J connectivity index is 2.73. The fourth-order valence-electron chi connectivity index (χ4n) is 1.40. The van der Waals surface area contributed by atoms with Crippen LogP contribution in [0, 0.1) is 5.41 Å². The fourth-order valence-corrected chi connectivity index (χ4v) is 1.40. The van der Waals surface area contributed by atoms with Gasteiger partial charge >= 0.3 is 0 Å². The molecule has 0 aliphatic carbocycles. The van der Waals surface area contributed by atoms with Crippen molar-refractivity contribution in [2.75, 3.05) is 6.61 Å². The van der Waals surface area contributed by atoms with Crippen LogP contribution in [0.3, 0.4) is 0 Å². The predicted molar refractivity (Wildman–Crippen MR) is 43.8 cm³/mol. The first kappa shape index (κ1) is 10.9. The van der Waals surface area contributed by atoms with E-state index in [1.165, 1.54) is 0 Å². The van der Waals surface area contributed by atoms with Gasteiger partial charge in [-0.1, -0.05) is 13.8 Å². The number of aliphatic hydroxyl groups is 4.